The van der Waals surface area contributed by atoms with Crippen LogP contribution in [0.5, 0.6) is 0 Å². The molecule has 0 saturated carbocycles. The first kappa shape index (κ1) is 13.9. The van der Waals surface area contributed by atoms with Crippen LogP contribution in [0.2, 0.25) is 0 Å². The molecule has 18 heavy (non-hydrogen) atoms. The topological polar surface area (TPSA) is 23.5 Å². The molecular weight excluding hydrogens is 290 g/mol. The predicted octanol–water partition coefficient (Wildman–Crippen LogP) is 4.13. The lowest BCUT2D eigenvalue weighted by molar-refractivity contribution is 0.199. The van der Waals surface area contributed by atoms with Crippen molar-refractivity contribution < 1.29 is 5.11 Å². The van der Waals surface area contributed by atoms with Crippen molar-refractivity contribution in [3.63, 3.8) is 0 Å². The van der Waals surface area contributed by atoms with Crippen molar-refractivity contribution in [2.24, 2.45) is 5.92 Å². The number of nitrogens with zero attached hydrogens (tertiary/aromatic N) is 1. The van der Waals surface area contributed by atoms with E-state index in [0.717, 1.165) is 22.5 Å². The summed E-state index contributed by atoms with van der Waals surface area (Å²) >= 11 is 3.65. The van der Waals surface area contributed by atoms with Gasteiger partial charge in [0.1, 0.15) is 0 Å². The molecule has 0 aliphatic carbocycles. The molecule has 3 atom stereocenters. The van der Waals surface area contributed by atoms with Crippen molar-refractivity contribution in [2.75, 3.05) is 11.4 Å². The first-order chi connectivity index (χ1) is 8.50. The van der Waals surface area contributed by atoms with Crippen molar-refractivity contribution in [3.05, 3.63) is 28.2 Å². The van der Waals surface area contributed by atoms with Crippen LogP contribution in [0.1, 0.15) is 45.3 Å². The van der Waals surface area contributed by atoms with Crippen molar-refractivity contribution in [1.82, 2.24) is 0 Å². The third-order valence-corrected chi connectivity index (χ3v) is 4.77. The monoisotopic (exact) mass is 311 g/mol. The van der Waals surface area contributed by atoms with Crippen LogP contribution in [0.15, 0.2) is 22.7 Å². The third kappa shape index (κ3) is 2.72. The first-order valence-electron chi connectivity index (χ1n) is 6.75. The van der Waals surface area contributed by atoms with Gasteiger partial charge >= 0.3 is 0 Å². The second-order valence-corrected chi connectivity index (χ2v) is 6.29. The van der Waals surface area contributed by atoms with Gasteiger partial charge < -0.3 is 10.0 Å². The summed E-state index contributed by atoms with van der Waals surface area (Å²) in [6.07, 6.45) is 2.17. The second kappa shape index (κ2) is 5.62. The van der Waals surface area contributed by atoms with E-state index in [1.165, 1.54) is 18.5 Å². The molecule has 1 fully saturated rings. The minimum atomic E-state index is -0.409. The number of hydrogen-bond acceptors (Lipinski definition) is 2. The Hall–Kier alpha value is -0.540. The number of benzene rings is 1. The molecule has 3 heteroatoms. The Bertz CT molecular complexity index is 419. The van der Waals surface area contributed by atoms with Gasteiger partial charge in [0.25, 0.3) is 0 Å². The van der Waals surface area contributed by atoms with Crippen LogP contribution < -0.4 is 4.90 Å². The zero-order valence-electron chi connectivity index (χ0n) is 11.4. The summed E-state index contributed by atoms with van der Waals surface area (Å²) in [4.78, 5) is 2.48. The molecule has 2 nitrogen and oxygen atoms in total. The smallest absolute Gasteiger partial charge is 0.0762 e. The Morgan fingerprint density at radius 3 is 2.72 bits per heavy atom. The largest absolute Gasteiger partial charge is 0.389 e. The number of hydrogen-bond donors (Lipinski definition) is 1. The average molecular weight is 312 g/mol. The van der Waals surface area contributed by atoms with E-state index in [-0.39, 0.29) is 0 Å². The fraction of sp³-hybridized carbons (Fsp3) is 0.600. The summed E-state index contributed by atoms with van der Waals surface area (Å²) in [7, 11) is 0. The van der Waals surface area contributed by atoms with Gasteiger partial charge in [0, 0.05) is 17.1 Å². The molecule has 0 bridgehead atoms. The Labute approximate surface area is 118 Å². The number of aliphatic hydroxyl groups is 1. The lowest BCUT2D eigenvalue weighted by Crippen LogP contribution is -2.42. The van der Waals surface area contributed by atoms with E-state index in [0.29, 0.717) is 6.04 Å². The molecule has 1 aliphatic rings. The molecular formula is C15H22BrNO. The van der Waals surface area contributed by atoms with Gasteiger partial charge in [-0.25, -0.2) is 0 Å². The van der Waals surface area contributed by atoms with Crippen LogP contribution in [-0.4, -0.2) is 17.7 Å². The van der Waals surface area contributed by atoms with E-state index in [2.05, 4.69) is 40.7 Å². The van der Waals surface area contributed by atoms with E-state index in [9.17, 15) is 5.11 Å². The van der Waals surface area contributed by atoms with Gasteiger partial charge in [0.2, 0.25) is 0 Å². The molecule has 0 spiro atoms. The Kier molecular flexibility index (Phi) is 4.33. The highest BCUT2D eigenvalue weighted by atomic mass is 79.9. The summed E-state index contributed by atoms with van der Waals surface area (Å²) in [6.45, 7) is 7.55. The van der Waals surface area contributed by atoms with Crippen molar-refractivity contribution >= 4 is 21.6 Å². The minimum Gasteiger partial charge on any atom is -0.389 e. The Balaban J connectivity index is 2.27. The normalized spacial score (nSPS) is 26.2. The molecule has 2 rings (SSSR count). The molecule has 1 aromatic carbocycles. The van der Waals surface area contributed by atoms with Crippen molar-refractivity contribution in [3.8, 4) is 0 Å². The van der Waals surface area contributed by atoms with Gasteiger partial charge in [-0.2, -0.15) is 0 Å². The van der Waals surface area contributed by atoms with Crippen LogP contribution in [0, 0.1) is 5.92 Å². The van der Waals surface area contributed by atoms with E-state index < -0.39 is 6.10 Å². The number of aliphatic hydroxyl groups excluding tert-OH is 1. The number of rotatable bonds is 2. The van der Waals surface area contributed by atoms with Crippen molar-refractivity contribution in [2.45, 2.75) is 45.8 Å². The minimum absolute atomic E-state index is 0.409. The van der Waals surface area contributed by atoms with E-state index in [4.69, 9.17) is 0 Å². The molecule has 3 unspecified atom stereocenters. The van der Waals surface area contributed by atoms with Gasteiger partial charge in [-0.1, -0.05) is 13.0 Å². The highest BCUT2D eigenvalue weighted by molar-refractivity contribution is 9.10. The summed E-state index contributed by atoms with van der Waals surface area (Å²) in [5, 5.41) is 9.61. The van der Waals surface area contributed by atoms with Gasteiger partial charge in [0.05, 0.1) is 11.8 Å². The Morgan fingerprint density at radius 1 is 1.39 bits per heavy atom. The second-order valence-electron chi connectivity index (χ2n) is 5.44. The molecule has 1 heterocycles. The number of anilines is 1. The molecule has 1 aliphatic heterocycles. The quantitative estimate of drug-likeness (QED) is 0.887. The first-order valence-corrected chi connectivity index (χ1v) is 7.54. The molecule has 1 saturated heterocycles. The van der Waals surface area contributed by atoms with E-state index in [1.54, 1.807) is 6.92 Å². The van der Waals surface area contributed by atoms with Crippen LogP contribution in [-0.2, 0) is 0 Å². The van der Waals surface area contributed by atoms with E-state index >= 15 is 0 Å². The molecule has 1 N–H and O–H groups in total. The SMILES string of the molecule is CC(O)c1ccc(N2CCCC(C)C2C)c(Br)c1. The van der Waals surface area contributed by atoms with Gasteiger partial charge in [-0.05, 0) is 66.2 Å². The van der Waals surface area contributed by atoms with Gasteiger partial charge in [-0.3, -0.25) is 0 Å². The zero-order valence-corrected chi connectivity index (χ0v) is 12.9. The van der Waals surface area contributed by atoms with E-state index in [1.807, 2.05) is 12.1 Å². The third-order valence-electron chi connectivity index (χ3n) is 4.14. The lowest BCUT2D eigenvalue weighted by atomic mass is 9.91. The maximum absolute atomic E-state index is 9.61. The maximum atomic E-state index is 9.61. The molecule has 0 aromatic heterocycles. The highest BCUT2D eigenvalue weighted by Crippen LogP contribution is 2.34. The van der Waals surface area contributed by atoms with Gasteiger partial charge in [-0.15, -0.1) is 0 Å². The van der Waals surface area contributed by atoms with Gasteiger partial charge in [0.15, 0.2) is 0 Å². The average Bonchev–Trinajstić information content (AvgIpc) is 2.33. The molecule has 100 valence electrons. The molecule has 0 radical (unpaired) electrons. The standard InChI is InChI=1S/C15H22BrNO/c1-10-5-4-8-17(11(10)2)15-7-6-13(12(3)18)9-14(15)16/h6-7,9-12,18H,4-5,8H2,1-3H3. The fourth-order valence-electron chi connectivity index (χ4n) is 2.69. The number of halogens is 1. The highest BCUT2D eigenvalue weighted by Gasteiger charge is 2.26. The predicted molar refractivity (Wildman–Crippen MR) is 80.0 cm³/mol. The summed E-state index contributed by atoms with van der Waals surface area (Å²) in [5.74, 6) is 0.738. The van der Waals surface area contributed by atoms with Crippen LogP contribution in [0.3, 0.4) is 0 Å². The molecule has 0 amide bonds. The maximum Gasteiger partial charge on any atom is 0.0762 e. The summed E-state index contributed by atoms with van der Waals surface area (Å²) < 4.78 is 1.09. The lowest BCUT2D eigenvalue weighted by Gasteiger charge is -2.40. The summed E-state index contributed by atoms with van der Waals surface area (Å²) in [6, 6.07) is 6.76. The molecule has 1 aromatic rings. The zero-order chi connectivity index (χ0) is 13.3. The fourth-order valence-corrected chi connectivity index (χ4v) is 3.32. The Morgan fingerprint density at radius 2 is 2.11 bits per heavy atom. The van der Waals surface area contributed by atoms with Crippen LogP contribution in [0.25, 0.3) is 0 Å². The van der Waals surface area contributed by atoms with Crippen LogP contribution >= 0.6 is 15.9 Å². The summed E-state index contributed by atoms with van der Waals surface area (Å²) in [5.41, 5.74) is 2.21. The van der Waals surface area contributed by atoms with Crippen molar-refractivity contribution in [1.29, 1.82) is 0 Å². The number of piperidine rings is 1. The van der Waals surface area contributed by atoms with Crippen LogP contribution in [0.4, 0.5) is 5.69 Å².